The number of methoxy groups -OCH3 is 1. The maximum Gasteiger partial charge on any atom is 0.419 e. The molecule has 0 aliphatic rings. The zero-order chi connectivity index (χ0) is 16.5. The zero-order valence-electron chi connectivity index (χ0n) is 12.0. The summed E-state index contributed by atoms with van der Waals surface area (Å²) < 4.78 is 57.6. The van der Waals surface area contributed by atoms with Crippen LogP contribution in [0, 0.1) is 5.82 Å². The Morgan fingerprint density at radius 2 is 1.76 bits per heavy atom. The maximum atomic E-state index is 14.2. The summed E-state index contributed by atoms with van der Waals surface area (Å²) in [6.45, 7) is 1.22. The van der Waals surface area contributed by atoms with Crippen molar-refractivity contribution in [1.29, 1.82) is 0 Å². The Hall–Kier alpha value is -1.34. The molecule has 0 spiro atoms. The van der Waals surface area contributed by atoms with Crippen LogP contribution < -0.4 is 4.74 Å². The van der Waals surface area contributed by atoms with Crippen LogP contribution in [0.25, 0.3) is 0 Å². The molecule has 1 rings (SSSR count). The number of aliphatic hydroxyl groups is 2. The van der Waals surface area contributed by atoms with Gasteiger partial charge in [-0.1, -0.05) is 26.0 Å². The quantitative estimate of drug-likeness (QED) is 0.822. The van der Waals surface area contributed by atoms with E-state index < -0.39 is 36.0 Å². The lowest BCUT2D eigenvalue weighted by Gasteiger charge is -2.36. The fourth-order valence-electron chi connectivity index (χ4n) is 2.26. The molecule has 120 valence electrons. The minimum atomic E-state index is -5.02. The molecule has 1 aromatic carbocycles. The van der Waals surface area contributed by atoms with E-state index >= 15 is 0 Å². The fraction of sp³-hybridized carbons (Fsp3) is 0.571. The number of hydrogen-bond donors (Lipinski definition) is 2. The van der Waals surface area contributed by atoms with Gasteiger partial charge >= 0.3 is 6.18 Å². The topological polar surface area (TPSA) is 49.7 Å². The van der Waals surface area contributed by atoms with Gasteiger partial charge < -0.3 is 14.9 Å². The summed E-state index contributed by atoms with van der Waals surface area (Å²) in [4.78, 5) is 0. The number of halogens is 4. The smallest absolute Gasteiger partial charge is 0.419 e. The van der Waals surface area contributed by atoms with Gasteiger partial charge in [0.05, 0.1) is 13.7 Å². The Bertz CT molecular complexity index is 499. The van der Waals surface area contributed by atoms with Crippen molar-refractivity contribution in [3.05, 3.63) is 29.6 Å². The first-order valence-corrected chi connectivity index (χ1v) is 6.21. The van der Waals surface area contributed by atoms with Crippen LogP contribution in [0.15, 0.2) is 18.2 Å². The molecule has 0 radical (unpaired) electrons. The number of alkyl halides is 3. The predicted octanol–water partition coefficient (Wildman–Crippen LogP) is 2.79. The van der Waals surface area contributed by atoms with Crippen LogP contribution in [0.4, 0.5) is 17.6 Å². The number of ether oxygens (including phenoxy) is 1. The van der Waals surface area contributed by atoms with E-state index in [9.17, 15) is 22.7 Å². The maximum absolute atomic E-state index is 14.2. The molecule has 0 aromatic heterocycles. The Balaban J connectivity index is 3.23. The molecule has 0 aliphatic carbocycles. The fourth-order valence-corrected chi connectivity index (χ4v) is 2.26. The molecule has 0 fully saturated rings. The minimum Gasteiger partial charge on any atom is -0.494 e. The molecule has 2 N–H and O–H groups in total. The van der Waals surface area contributed by atoms with Crippen molar-refractivity contribution in [1.82, 2.24) is 0 Å². The van der Waals surface area contributed by atoms with Crippen molar-refractivity contribution in [3.63, 3.8) is 0 Å². The van der Waals surface area contributed by atoms with E-state index in [1.807, 2.05) is 0 Å². The van der Waals surface area contributed by atoms with Crippen LogP contribution in [0.3, 0.4) is 0 Å². The SMILES string of the molecule is COc1cccc(C(C)(C)CC(O)(CO)C(F)(F)F)c1F. The summed E-state index contributed by atoms with van der Waals surface area (Å²) in [6, 6.07) is 4.12. The number of rotatable bonds is 5. The van der Waals surface area contributed by atoms with E-state index in [0.29, 0.717) is 0 Å². The molecule has 0 heterocycles. The molecular formula is C14H18F4O3. The lowest BCUT2D eigenvalue weighted by atomic mass is 9.75. The summed E-state index contributed by atoms with van der Waals surface area (Å²) in [5.74, 6) is -0.882. The molecule has 1 atom stereocenters. The summed E-state index contributed by atoms with van der Waals surface area (Å²) in [7, 11) is 1.25. The molecular weight excluding hydrogens is 292 g/mol. The molecule has 21 heavy (non-hydrogen) atoms. The van der Waals surface area contributed by atoms with Gasteiger partial charge in [-0.15, -0.1) is 0 Å². The average Bonchev–Trinajstić information content (AvgIpc) is 2.36. The van der Waals surface area contributed by atoms with E-state index in [4.69, 9.17) is 9.84 Å². The largest absolute Gasteiger partial charge is 0.494 e. The highest BCUT2D eigenvalue weighted by molar-refractivity contribution is 5.35. The zero-order valence-corrected chi connectivity index (χ0v) is 12.0. The predicted molar refractivity (Wildman–Crippen MR) is 68.7 cm³/mol. The van der Waals surface area contributed by atoms with Gasteiger partial charge in [-0.2, -0.15) is 13.2 Å². The minimum absolute atomic E-state index is 0.0297. The van der Waals surface area contributed by atoms with Gasteiger partial charge in [0.25, 0.3) is 0 Å². The third-order valence-electron chi connectivity index (χ3n) is 3.44. The lowest BCUT2D eigenvalue weighted by Crippen LogP contribution is -2.52. The van der Waals surface area contributed by atoms with Crippen molar-refractivity contribution in [2.45, 2.75) is 37.5 Å². The highest BCUT2D eigenvalue weighted by Crippen LogP contribution is 2.42. The summed E-state index contributed by atoms with van der Waals surface area (Å²) in [6.07, 6.45) is -5.90. The van der Waals surface area contributed by atoms with Crippen LogP contribution in [0.5, 0.6) is 5.75 Å². The molecule has 0 saturated carbocycles. The van der Waals surface area contributed by atoms with Crippen molar-refractivity contribution >= 4 is 0 Å². The van der Waals surface area contributed by atoms with Crippen LogP contribution >= 0.6 is 0 Å². The van der Waals surface area contributed by atoms with Crippen molar-refractivity contribution in [3.8, 4) is 5.75 Å². The van der Waals surface area contributed by atoms with E-state index in [2.05, 4.69) is 0 Å². The van der Waals surface area contributed by atoms with Gasteiger partial charge in [-0.05, 0) is 23.5 Å². The molecule has 7 heteroatoms. The van der Waals surface area contributed by atoms with Gasteiger partial charge in [-0.3, -0.25) is 0 Å². The molecule has 1 aromatic rings. The molecule has 3 nitrogen and oxygen atoms in total. The average molecular weight is 310 g/mol. The Morgan fingerprint density at radius 3 is 2.19 bits per heavy atom. The molecule has 0 amide bonds. The number of hydrogen-bond acceptors (Lipinski definition) is 3. The van der Waals surface area contributed by atoms with Crippen molar-refractivity contribution < 1.29 is 32.5 Å². The van der Waals surface area contributed by atoms with E-state index in [1.54, 1.807) is 0 Å². The van der Waals surface area contributed by atoms with Crippen LogP contribution in [0.1, 0.15) is 25.8 Å². The van der Waals surface area contributed by atoms with Gasteiger partial charge in [0, 0.05) is 0 Å². The number of aliphatic hydroxyl groups excluding tert-OH is 1. The lowest BCUT2D eigenvalue weighted by molar-refractivity contribution is -0.277. The van der Waals surface area contributed by atoms with Gasteiger partial charge in [0.15, 0.2) is 17.2 Å². The second kappa shape index (κ2) is 5.81. The molecule has 1 unspecified atom stereocenters. The second-order valence-electron chi connectivity index (χ2n) is 5.57. The summed E-state index contributed by atoms with van der Waals surface area (Å²) >= 11 is 0. The van der Waals surface area contributed by atoms with Crippen LogP contribution in [0.2, 0.25) is 0 Å². The monoisotopic (exact) mass is 310 g/mol. The Labute approximate surface area is 120 Å². The van der Waals surface area contributed by atoms with Crippen molar-refractivity contribution in [2.75, 3.05) is 13.7 Å². The van der Waals surface area contributed by atoms with E-state index in [1.165, 1.54) is 39.2 Å². The highest BCUT2D eigenvalue weighted by Gasteiger charge is 2.55. The highest BCUT2D eigenvalue weighted by atomic mass is 19.4. The van der Waals surface area contributed by atoms with E-state index in [0.717, 1.165) is 0 Å². The standard InChI is InChI=1S/C14H18F4O3/c1-12(2,7-13(20,8-19)14(16,17)18)9-5-4-6-10(21-3)11(9)15/h4-6,19-20H,7-8H2,1-3H3. The van der Waals surface area contributed by atoms with Crippen LogP contribution in [-0.2, 0) is 5.41 Å². The third kappa shape index (κ3) is 3.47. The molecule has 0 bridgehead atoms. The van der Waals surface area contributed by atoms with Gasteiger partial charge in [0.1, 0.15) is 0 Å². The summed E-state index contributed by atoms with van der Waals surface area (Å²) in [5.41, 5.74) is -4.70. The van der Waals surface area contributed by atoms with E-state index in [-0.39, 0.29) is 11.3 Å². The van der Waals surface area contributed by atoms with Gasteiger partial charge in [-0.25, -0.2) is 4.39 Å². The first-order chi connectivity index (χ1) is 9.48. The van der Waals surface area contributed by atoms with Crippen LogP contribution in [-0.4, -0.2) is 35.7 Å². The Kier molecular flexibility index (Phi) is 4.90. The number of benzene rings is 1. The van der Waals surface area contributed by atoms with Crippen molar-refractivity contribution in [2.24, 2.45) is 0 Å². The first-order valence-electron chi connectivity index (χ1n) is 6.21. The molecule has 0 aliphatic heterocycles. The summed E-state index contributed by atoms with van der Waals surface area (Å²) in [5, 5.41) is 18.6. The second-order valence-corrected chi connectivity index (χ2v) is 5.57. The molecule has 0 saturated heterocycles. The normalized spacial score (nSPS) is 15.7. The van der Waals surface area contributed by atoms with Gasteiger partial charge in [0.2, 0.25) is 0 Å². The Morgan fingerprint density at radius 1 is 1.19 bits per heavy atom. The third-order valence-corrected chi connectivity index (χ3v) is 3.44. The first kappa shape index (κ1) is 17.7.